The molecule has 5 N–H and O–H groups in total. The zero-order chi connectivity index (χ0) is 11.4. The summed E-state index contributed by atoms with van der Waals surface area (Å²) in [6.07, 6.45) is 1.52. The van der Waals surface area contributed by atoms with Crippen LogP contribution in [0.3, 0.4) is 0 Å². The van der Waals surface area contributed by atoms with Crippen molar-refractivity contribution in [1.29, 1.82) is 0 Å². The van der Waals surface area contributed by atoms with Crippen LogP contribution in [0, 0.1) is 5.92 Å². The van der Waals surface area contributed by atoms with Gasteiger partial charge in [-0.25, -0.2) is 4.98 Å². The Balaban J connectivity index is 2.79. The highest BCUT2D eigenvalue weighted by Crippen LogP contribution is 2.10. The molecule has 82 valence electrons. The molecule has 0 bridgehead atoms. The molecule has 0 aliphatic heterocycles. The van der Waals surface area contributed by atoms with E-state index in [0.717, 1.165) is 0 Å². The van der Waals surface area contributed by atoms with E-state index in [1.807, 2.05) is 13.8 Å². The molecule has 0 saturated heterocycles. The molecule has 1 rings (SSSR count). The number of nitrogens with two attached hydrogens (primary N) is 2. The third kappa shape index (κ3) is 3.08. The first-order valence-corrected chi connectivity index (χ1v) is 4.65. The molecule has 0 spiro atoms. The predicted octanol–water partition coefficient (Wildman–Crippen LogP) is -0.0194. The van der Waals surface area contributed by atoms with Crippen LogP contribution in [0.15, 0.2) is 12.3 Å². The first kappa shape index (κ1) is 11.2. The molecule has 6 nitrogen and oxygen atoms in total. The van der Waals surface area contributed by atoms with Gasteiger partial charge >= 0.3 is 0 Å². The van der Waals surface area contributed by atoms with Gasteiger partial charge in [-0.05, 0) is 12.0 Å². The zero-order valence-electron chi connectivity index (χ0n) is 8.77. The van der Waals surface area contributed by atoms with E-state index in [9.17, 15) is 4.79 Å². The summed E-state index contributed by atoms with van der Waals surface area (Å²) < 4.78 is 0. The summed E-state index contributed by atoms with van der Waals surface area (Å²) in [5.41, 5.74) is 10.7. The quantitative estimate of drug-likeness (QED) is 0.646. The van der Waals surface area contributed by atoms with E-state index in [4.69, 9.17) is 11.5 Å². The van der Waals surface area contributed by atoms with Gasteiger partial charge in [0.25, 0.3) is 0 Å². The Morgan fingerprint density at radius 3 is 2.67 bits per heavy atom. The monoisotopic (exact) mass is 209 g/mol. The van der Waals surface area contributed by atoms with Gasteiger partial charge in [-0.1, -0.05) is 13.8 Å². The maximum atomic E-state index is 11.1. The maximum absolute atomic E-state index is 11.1. The summed E-state index contributed by atoms with van der Waals surface area (Å²) in [6.45, 7) is 3.79. The Morgan fingerprint density at radius 1 is 1.53 bits per heavy atom. The van der Waals surface area contributed by atoms with E-state index in [2.05, 4.69) is 15.3 Å². The summed E-state index contributed by atoms with van der Waals surface area (Å²) >= 11 is 0. The number of primary amides is 1. The van der Waals surface area contributed by atoms with Crippen LogP contribution in [0.5, 0.6) is 0 Å². The number of amides is 1. The molecule has 1 aromatic heterocycles. The lowest BCUT2D eigenvalue weighted by molar-refractivity contribution is -0.119. The number of carbonyl (C=O) groups is 1. The Bertz CT molecular complexity index is 352. The summed E-state index contributed by atoms with van der Waals surface area (Å²) in [6, 6.07) is 1.17. The van der Waals surface area contributed by atoms with Gasteiger partial charge in [-0.3, -0.25) is 4.79 Å². The highest BCUT2D eigenvalue weighted by molar-refractivity contribution is 5.82. The molecule has 15 heavy (non-hydrogen) atoms. The van der Waals surface area contributed by atoms with Crippen molar-refractivity contribution in [1.82, 2.24) is 9.97 Å². The van der Waals surface area contributed by atoms with Crippen LogP contribution in [0.2, 0.25) is 0 Å². The predicted molar refractivity (Wildman–Crippen MR) is 57.9 cm³/mol. The van der Waals surface area contributed by atoms with Gasteiger partial charge in [0.15, 0.2) is 0 Å². The van der Waals surface area contributed by atoms with Gasteiger partial charge in [-0.2, -0.15) is 4.98 Å². The molecule has 0 aromatic carbocycles. The summed E-state index contributed by atoms with van der Waals surface area (Å²) in [5.74, 6) is 0.327. The fourth-order valence-electron chi connectivity index (χ4n) is 1.18. The number of aromatic nitrogens is 2. The molecule has 0 saturated carbocycles. The number of hydrogen-bond acceptors (Lipinski definition) is 5. The second-order valence-electron chi connectivity index (χ2n) is 3.57. The summed E-state index contributed by atoms with van der Waals surface area (Å²) in [4.78, 5) is 18.8. The van der Waals surface area contributed by atoms with E-state index in [-0.39, 0.29) is 11.9 Å². The van der Waals surface area contributed by atoms with Crippen LogP contribution < -0.4 is 16.8 Å². The molecule has 0 radical (unpaired) electrons. The van der Waals surface area contributed by atoms with Crippen LogP contribution in [0.4, 0.5) is 11.8 Å². The SMILES string of the molecule is CC(C)C(Nc1ccnc(N)n1)C(N)=O. The Kier molecular flexibility index (Phi) is 3.43. The first-order valence-electron chi connectivity index (χ1n) is 4.65. The van der Waals surface area contributed by atoms with Crippen molar-refractivity contribution in [2.24, 2.45) is 11.7 Å². The molecular formula is C9H15N5O. The van der Waals surface area contributed by atoms with Gasteiger partial charge in [0.1, 0.15) is 11.9 Å². The largest absolute Gasteiger partial charge is 0.368 e. The lowest BCUT2D eigenvalue weighted by atomic mass is 10.0. The number of nitrogen functional groups attached to an aromatic ring is 1. The van der Waals surface area contributed by atoms with Crippen molar-refractivity contribution in [3.8, 4) is 0 Å². The Labute approximate surface area is 88.1 Å². The van der Waals surface area contributed by atoms with Crippen molar-refractivity contribution in [3.05, 3.63) is 12.3 Å². The van der Waals surface area contributed by atoms with Crippen molar-refractivity contribution >= 4 is 17.7 Å². The van der Waals surface area contributed by atoms with E-state index >= 15 is 0 Å². The third-order valence-electron chi connectivity index (χ3n) is 1.95. The van der Waals surface area contributed by atoms with Gasteiger partial charge in [0.2, 0.25) is 11.9 Å². The molecule has 6 heteroatoms. The van der Waals surface area contributed by atoms with Crippen LogP contribution in [0.1, 0.15) is 13.8 Å². The molecule has 0 aliphatic rings. The van der Waals surface area contributed by atoms with E-state index in [1.54, 1.807) is 6.07 Å². The van der Waals surface area contributed by atoms with Gasteiger partial charge in [0, 0.05) is 6.20 Å². The Hall–Kier alpha value is -1.85. The minimum atomic E-state index is -0.459. The van der Waals surface area contributed by atoms with Crippen molar-refractivity contribution in [2.45, 2.75) is 19.9 Å². The smallest absolute Gasteiger partial charge is 0.240 e. The van der Waals surface area contributed by atoms with E-state index < -0.39 is 11.9 Å². The fraction of sp³-hybridized carbons (Fsp3) is 0.444. The van der Waals surface area contributed by atoms with Crippen molar-refractivity contribution in [3.63, 3.8) is 0 Å². The molecule has 1 atom stereocenters. The molecule has 0 aliphatic carbocycles. The van der Waals surface area contributed by atoms with Crippen LogP contribution in [0.25, 0.3) is 0 Å². The molecule has 1 heterocycles. The zero-order valence-corrected chi connectivity index (χ0v) is 8.77. The molecule has 0 fully saturated rings. The highest BCUT2D eigenvalue weighted by atomic mass is 16.1. The van der Waals surface area contributed by atoms with Gasteiger partial charge < -0.3 is 16.8 Å². The van der Waals surface area contributed by atoms with Gasteiger partial charge in [-0.15, -0.1) is 0 Å². The van der Waals surface area contributed by atoms with Crippen molar-refractivity contribution < 1.29 is 4.79 Å². The molecule has 1 amide bonds. The summed E-state index contributed by atoms with van der Waals surface area (Å²) in [5, 5.41) is 2.91. The van der Waals surface area contributed by atoms with Crippen molar-refractivity contribution in [2.75, 3.05) is 11.1 Å². The van der Waals surface area contributed by atoms with Gasteiger partial charge in [0.05, 0.1) is 0 Å². The molecule has 1 unspecified atom stereocenters. The van der Waals surface area contributed by atoms with Crippen LogP contribution >= 0.6 is 0 Å². The lowest BCUT2D eigenvalue weighted by Crippen LogP contribution is -2.39. The number of carbonyl (C=O) groups excluding carboxylic acids is 1. The maximum Gasteiger partial charge on any atom is 0.240 e. The van der Waals surface area contributed by atoms with E-state index in [1.165, 1.54) is 6.20 Å². The minimum absolute atomic E-state index is 0.0821. The average Bonchev–Trinajstić information content (AvgIpc) is 2.13. The highest BCUT2D eigenvalue weighted by Gasteiger charge is 2.19. The lowest BCUT2D eigenvalue weighted by Gasteiger charge is -2.19. The average molecular weight is 209 g/mol. The number of rotatable bonds is 4. The minimum Gasteiger partial charge on any atom is -0.368 e. The fourth-order valence-corrected chi connectivity index (χ4v) is 1.18. The number of anilines is 2. The normalized spacial score (nSPS) is 12.5. The van der Waals surface area contributed by atoms with Crippen LogP contribution in [-0.2, 0) is 4.79 Å². The standard InChI is InChI=1S/C9H15N5O/c1-5(2)7(8(10)15)13-6-3-4-12-9(11)14-6/h3-5,7H,1-2H3,(H2,10,15)(H3,11,12,13,14). The van der Waals surface area contributed by atoms with E-state index in [0.29, 0.717) is 5.82 Å². The number of nitrogens with zero attached hydrogens (tertiary/aromatic N) is 2. The molecule has 1 aromatic rings. The third-order valence-corrected chi connectivity index (χ3v) is 1.95. The Morgan fingerprint density at radius 2 is 2.20 bits per heavy atom. The first-order chi connectivity index (χ1) is 7.00. The second-order valence-corrected chi connectivity index (χ2v) is 3.57. The summed E-state index contributed by atoms with van der Waals surface area (Å²) in [7, 11) is 0. The number of hydrogen-bond donors (Lipinski definition) is 3. The van der Waals surface area contributed by atoms with Crippen LogP contribution in [-0.4, -0.2) is 21.9 Å². The second kappa shape index (κ2) is 4.59. The number of nitrogens with one attached hydrogen (secondary N) is 1. The topological polar surface area (TPSA) is 107 Å². The molecular weight excluding hydrogens is 194 g/mol.